The molecule has 11 nitrogen and oxygen atoms in total. The van der Waals surface area contributed by atoms with E-state index in [9.17, 15) is 8.42 Å². The van der Waals surface area contributed by atoms with E-state index in [0.29, 0.717) is 17.2 Å². The Bertz CT molecular complexity index is 1250. The number of hydrogen-bond donors (Lipinski definition) is 4. The summed E-state index contributed by atoms with van der Waals surface area (Å²) in [5, 5.41) is 13.8. The summed E-state index contributed by atoms with van der Waals surface area (Å²) in [5.41, 5.74) is 8.29. The smallest absolute Gasteiger partial charge is 0.231 e. The van der Waals surface area contributed by atoms with Crippen molar-refractivity contribution in [1.82, 2.24) is 20.2 Å². The fraction of sp³-hybridized carbons (Fsp3) is 0.500. The average molecular weight is 487 g/mol. The number of sulfone groups is 1. The highest BCUT2D eigenvalue weighted by molar-refractivity contribution is 7.90. The minimum atomic E-state index is -3.54. The van der Waals surface area contributed by atoms with Gasteiger partial charge in [0, 0.05) is 42.8 Å². The van der Waals surface area contributed by atoms with Crippen molar-refractivity contribution in [1.29, 1.82) is 0 Å². The molecule has 0 bridgehead atoms. The molecule has 0 atom stereocenters. The van der Waals surface area contributed by atoms with E-state index in [1.165, 1.54) is 0 Å². The normalized spacial score (nSPS) is 21.5. The van der Waals surface area contributed by atoms with Crippen molar-refractivity contribution < 1.29 is 13.2 Å². The Morgan fingerprint density at radius 3 is 2.47 bits per heavy atom. The largest absolute Gasteiger partial charge is 0.378 e. The average Bonchev–Trinajstić information content (AvgIpc) is 3.27. The Morgan fingerprint density at radius 1 is 1.09 bits per heavy atom. The SMILES string of the molecule is CS(=O)(=O)c1[nH]nc2nc(Nc3ccc(N4CCOCC4)cc3)nc(NC3CCC(N)CC3)c12. The van der Waals surface area contributed by atoms with Crippen LogP contribution in [0, 0.1) is 0 Å². The Labute approximate surface area is 198 Å². The van der Waals surface area contributed by atoms with Crippen molar-refractivity contribution in [2.45, 2.75) is 42.8 Å². The van der Waals surface area contributed by atoms with E-state index in [4.69, 9.17) is 10.5 Å². The highest BCUT2D eigenvalue weighted by atomic mass is 32.2. The Kier molecular flexibility index (Phi) is 6.28. The van der Waals surface area contributed by atoms with Gasteiger partial charge < -0.3 is 26.0 Å². The molecule has 2 aliphatic rings. The van der Waals surface area contributed by atoms with Crippen LogP contribution in [-0.4, -0.2) is 73.2 Å². The summed E-state index contributed by atoms with van der Waals surface area (Å²) in [5.74, 6) is 0.792. The standard InChI is InChI=1S/C22H30N8O3S/c1-34(31,32)21-18-19(24-15-4-2-14(23)3-5-15)26-22(27-20(18)28-29-21)25-16-6-8-17(9-7-16)30-10-12-33-13-11-30/h6-9,14-15H,2-5,10-13,23H2,1H3,(H3,24,25,26,27,28,29). The summed E-state index contributed by atoms with van der Waals surface area (Å²) in [6.45, 7) is 3.20. The summed E-state index contributed by atoms with van der Waals surface area (Å²) < 4.78 is 30.1. The summed E-state index contributed by atoms with van der Waals surface area (Å²) in [4.78, 5) is 11.4. The number of nitrogens with one attached hydrogen (secondary N) is 3. The van der Waals surface area contributed by atoms with Gasteiger partial charge in [-0.1, -0.05) is 0 Å². The topological polar surface area (TPSA) is 151 Å². The molecule has 0 unspecified atom stereocenters. The van der Waals surface area contributed by atoms with Crippen LogP contribution in [0.1, 0.15) is 25.7 Å². The first-order chi connectivity index (χ1) is 16.4. The Balaban J connectivity index is 1.43. The van der Waals surface area contributed by atoms with Gasteiger partial charge >= 0.3 is 0 Å². The van der Waals surface area contributed by atoms with E-state index >= 15 is 0 Å². The highest BCUT2D eigenvalue weighted by Crippen LogP contribution is 2.31. The molecule has 5 rings (SSSR count). The third kappa shape index (κ3) is 4.93. The molecule has 34 heavy (non-hydrogen) atoms. The van der Waals surface area contributed by atoms with Crippen molar-refractivity contribution in [2.24, 2.45) is 5.73 Å². The highest BCUT2D eigenvalue weighted by Gasteiger charge is 2.25. The van der Waals surface area contributed by atoms with Gasteiger partial charge in [-0.15, -0.1) is 0 Å². The molecule has 0 radical (unpaired) electrons. The van der Waals surface area contributed by atoms with Gasteiger partial charge in [0.1, 0.15) is 11.2 Å². The van der Waals surface area contributed by atoms with Gasteiger partial charge in [-0.25, -0.2) is 8.42 Å². The molecule has 0 amide bonds. The van der Waals surface area contributed by atoms with Crippen molar-refractivity contribution >= 4 is 44.0 Å². The monoisotopic (exact) mass is 486 g/mol. The number of benzene rings is 1. The lowest BCUT2D eigenvalue weighted by atomic mass is 9.92. The van der Waals surface area contributed by atoms with Gasteiger partial charge in [0.25, 0.3) is 0 Å². The molecule has 182 valence electrons. The maximum absolute atomic E-state index is 12.3. The van der Waals surface area contributed by atoms with Gasteiger partial charge in [-0.05, 0) is 49.9 Å². The van der Waals surface area contributed by atoms with Crippen LogP contribution in [-0.2, 0) is 14.6 Å². The number of nitrogens with two attached hydrogens (primary N) is 1. The molecule has 1 saturated carbocycles. The third-order valence-electron chi connectivity index (χ3n) is 6.36. The third-order valence-corrected chi connectivity index (χ3v) is 7.40. The molecule has 2 fully saturated rings. The minimum Gasteiger partial charge on any atom is -0.378 e. The van der Waals surface area contributed by atoms with Crippen LogP contribution < -0.4 is 21.3 Å². The predicted molar refractivity (Wildman–Crippen MR) is 131 cm³/mol. The molecule has 0 spiro atoms. The van der Waals surface area contributed by atoms with Crippen LogP contribution in [0.3, 0.4) is 0 Å². The number of rotatable bonds is 6. The second-order valence-electron chi connectivity index (χ2n) is 8.95. The minimum absolute atomic E-state index is 0.0129. The fourth-order valence-electron chi connectivity index (χ4n) is 4.49. The number of aromatic amines is 1. The van der Waals surface area contributed by atoms with Crippen LogP contribution >= 0.6 is 0 Å². The van der Waals surface area contributed by atoms with Gasteiger partial charge in [-0.2, -0.15) is 15.1 Å². The summed E-state index contributed by atoms with van der Waals surface area (Å²) in [7, 11) is -3.54. The van der Waals surface area contributed by atoms with Crippen LogP contribution in [0.5, 0.6) is 0 Å². The Morgan fingerprint density at radius 2 is 1.79 bits per heavy atom. The number of H-pyrrole nitrogens is 1. The van der Waals surface area contributed by atoms with Gasteiger partial charge in [0.15, 0.2) is 20.5 Å². The lowest BCUT2D eigenvalue weighted by molar-refractivity contribution is 0.122. The van der Waals surface area contributed by atoms with Crippen molar-refractivity contribution in [2.75, 3.05) is 48.1 Å². The zero-order valence-electron chi connectivity index (χ0n) is 19.1. The lowest BCUT2D eigenvalue weighted by Crippen LogP contribution is -2.36. The molecule has 1 aromatic carbocycles. The first-order valence-electron chi connectivity index (χ1n) is 11.5. The number of aromatic nitrogens is 4. The fourth-order valence-corrected chi connectivity index (χ4v) is 5.26. The van der Waals surface area contributed by atoms with Crippen LogP contribution in [0.4, 0.5) is 23.1 Å². The molecule has 3 heterocycles. The zero-order valence-corrected chi connectivity index (χ0v) is 19.9. The molecule has 12 heteroatoms. The van der Waals surface area contributed by atoms with E-state index in [-0.39, 0.29) is 22.8 Å². The number of nitrogens with zero attached hydrogens (tertiary/aromatic N) is 4. The summed E-state index contributed by atoms with van der Waals surface area (Å²) in [6.07, 6.45) is 4.76. The van der Waals surface area contributed by atoms with Crippen molar-refractivity contribution in [3.63, 3.8) is 0 Å². The maximum atomic E-state index is 12.3. The molecule has 5 N–H and O–H groups in total. The number of hydrogen-bond acceptors (Lipinski definition) is 10. The number of ether oxygens (including phenoxy) is 1. The van der Waals surface area contributed by atoms with E-state index < -0.39 is 9.84 Å². The van der Waals surface area contributed by atoms with Gasteiger partial charge in [0.05, 0.1) is 13.2 Å². The van der Waals surface area contributed by atoms with Crippen molar-refractivity contribution in [3.05, 3.63) is 24.3 Å². The molecular formula is C22H30N8O3S. The summed E-state index contributed by atoms with van der Waals surface area (Å²) in [6, 6.07) is 8.41. The molecule has 1 saturated heterocycles. The van der Waals surface area contributed by atoms with Gasteiger partial charge in [-0.3, -0.25) is 5.10 Å². The van der Waals surface area contributed by atoms with E-state index in [0.717, 1.165) is 69.6 Å². The molecular weight excluding hydrogens is 456 g/mol. The second-order valence-corrected chi connectivity index (χ2v) is 10.9. The van der Waals surface area contributed by atoms with E-state index in [2.05, 4.69) is 35.7 Å². The quantitative estimate of drug-likeness (QED) is 0.407. The number of morpholine rings is 1. The zero-order chi connectivity index (χ0) is 23.7. The summed E-state index contributed by atoms with van der Waals surface area (Å²) >= 11 is 0. The predicted octanol–water partition coefficient (Wildman–Crippen LogP) is 2.02. The van der Waals surface area contributed by atoms with Crippen LogP contribution in [0.25, 0.3) is 11.0 Å². The molecule has 2 aromatic heterocycles. The lowest BCUT2D eigenvalue weighted by Gasteiger charge is -2.29. The Hall–Kier alpha value is -2.96. The number of anilines is 4. The maximum Gasteiger partial charge on any atom is 0.231 e. The second kappa shape index (κ2) is 9.35. The first kappa shape index (κ1) is 22.8. The molecule has 1 aliphatic carbocycles. The van der Waals surface area contributed by atoms with Gasteiger partial charge in [0.2, 0.25) is 5.95 Å². The number of fused-ring (bicyclic) bond motifs is 1. The molecule has 3 aromatic rings. The van der Waals surface area contributed by atoms with Crippen LogP contribution in [0.2, 0.25) is 0 Å². The van der Waals surface area contributed by atoms with Crippen molar-refractivity contribution in [3.8, 4) is 0 Å². The molecule has 1 aliphatic heterocycles. The van der Waals surface area contributed by atoms with E-state index in [1.54, 1.807) is 0 Å². The van der Waals surface area contributed by atoms with Crippen LogP contribution in [0.15, 0.2) is 29.3 Å². The van der Waals surface area contributed by atoms with E-state index in [1.807, 2.05) is 24.3 Å². The first-order valence-corrected chi connectivity index (χ1v) is 13.4.